The number of aromatic nitrogens is 1. The molecule has 180 valence electrons. The number of rotatable bonds is 6. The Hall–Kier alpha value is -3.87. The summed E-state index contributed by atoms with van der Waals surface area (Å²) < 4.78 is 16.3. The first-order valence-electron chi connectivity index (χ1n) is 11.9. The van der Waals surface area contributed by atoms with E-state index in [1.54, 1.807) is 19.1 Å². The molecule has 0 N–H and O–H groups in total. The smallest absolute Gasteiger partial charge is 0.339 e. The molecule has 5 rings (SSSR count). The Balaban J connectivity index is 1.49. The number of allylic oxidation sites excluding steroid dienone is 1. The molecule has 2 aromatic carbocycles. The molecule has 1 aliphatic heterocycles. The SMILES string of the molecule is COc1ccc(C=C2CCc3c2nc2ccccc2c3C(=O)OCC(=O)N2CCCC2)cc1OC. The zero-order valence-corrected chi connectivity index (χ0v) is 20.0. The maximum Gasteiger partial charge on any atom is 0.339 e. The number of nitrogens with zero attached hydrogens (tertiary/aromatic N) is 2. The molecule has 0 spiro atoms. The Labute approximate surface area is 204 Å². The highest BCUT2D eigenvalue weighted by Gasteiger charge is 2.28. The first-order chi connectivity index (χ1) is 17.1. The summed E-state index contributed by atoms with van der Waals surface area (Å²) in [5, 5.41) is 0.747. The van der Waals surface area contributed by atoms with E-state index in [4.69, 9.17) is 19.2 Å². The van der Waals surface area contributed by atoms with Crippen molar-refractivity contribution in [3.63, 3.8) is 0 Å². The number of esters is 1. The van der Waals surface area contributed by atoms with Crippen molar-refractivity contribution in [1.82, 2.24) is 9.88 Å². The van der Waals surface area contributed by atoms with Crippen LogP contribution in [-0.2, 0) is 16.0 Å². The molecular formula is C28H28N2O5. The van der Waals surface area contributed by atoms with Crippen LogP contribution in [0.1, 0.15) is 46.4 Å². The fourth-order valence-corrected chi connectivity index (χ4v) is 4.91. The highest BCUT2D eigenvalue weighted by atomic mass is 16.5. The van der Waals surface area contributed by atoms with Crippen LogP contribution in [0.2, 0.25) is 0 Å². The third kappa shape index (κ3) is 4.46. The minimum atomic E-state index is -0.472. The Bertz CT molecular complexity index is 1320. The van der Waals surface area contributed by atoms with Crippen molar-refractivity contribution < 1.29 is 23.8 Å². The number of hydrogen-bond donors (Lipinski definition) is 0. The Morgan fingerprint density at radius 2 is 1.77 bits per heavy atom. The van der Waals surface area contributed by atoms with Gasteiger partial charge in [0, 0.05) is 18.5 Å². The molecule has 0 radical (unpaired) electrons. The minimum absolute atomic E-state index is 0.139. The molecule has 35 heavy (non-hydrogen) atoms. The van der Waals surface area contributed by atoms with Gasteiger partial charge in [-0.25, -0.2) is 9.78 Å². The summed E-state index contributed by atoms with van der Waals surface area (Å²) in [6, 6.07) is 13.3. The van der Waals surface area contributed by atoms with Gasteiger partial charge in [0.05, 0.1) is 31.0 Å². The van der Waals surface area contributed by atoms with Crippen molar-refractivity contribution in [1.29, 1.82) is 0 Å². The standard InChI is InChI=1S/C28H28N2O5/c1-33-23-12-9-18(16-24(23)34-2)15-19-10-11-21-26(20-7-3-4-8-22(20)29-27(19)21)28(32)35-17-25(31)30-13-5-6-14-30/h3-4,7-9,12,15-16H,5-6,10-11,13-14,17H2,1-2H3. The summed E-state index contributed by atoms with van der Waals surface area (Å²) in [5.41, 5.74) is 4.91. The van der Waals surface area contributed by atoms with E-state index in [9.17, 15) is 9.59 Å². The maximum atomic E-state index is 13.3. The number of amides is 1. The zero-order chi connectivity index (χ0) is 24.4. The lowest BCUT2D eigenvalue weighted by atomic mass is 10.0. The average Bonchev–Trinajstić information content (AvgIpc) is 3.56. The summed E-state index contributed by atoms with van der Waals surface area (Å²) in [6.07, 6.45) is 5.49. The van der Waals surface area contributed by atoms with Gasteiger partial charge in [0.2, 0.25) is 0 Å². The summed E-state index contributed by atoms with van der Waals surface area (Å²) in [5.74, 6) is 0.706. The number of para-hydroxylation sites is 1. The van der Waals surface area contributed by atoms with Gasteiger partial charge in [0.25, 0.3) is 5.91 Å². The van der Waals surface area contributed by atoms with Crippen LogP contribution in [-0.4, -0.2) is 55.7 Å². The molecule has 1 aliphatic carbocycles. The second-order valence-corrected chi connectivity index (χ2v) is 8.78. The van der Waals surface area contributed by atoms with E-state index in [-0.39, 0.29) is 12.5 Å². The molecule has 1 aromatic heterocycles. The van der Waals surface area contributed by atoms with Gasteiger partial charge in [-0.1, -0.05) is 24.3 Å². The van der Waals surface area contributed by atoms with E-state index in [0.717, 1.165) is 65.6 Å². The molecule has 0 bridgehead atoms. The van der Waals surface area contributed by atoms with Gasteiger partial charge in [0.1, 0.15) is 0 Å². The van der Waals surface area contributed by atoms with Crippen LogP contribution in [0.15, 0.2) is 42.5 Å². The Morgan fingerprint density at radius 3 is 2.54 bits per heavy atom. The van der Waals surface area contributed by atoms with Crippen molar-refractivity contribution >= 4 is 34.4 Å². The first kappa shape index (κ1) is 22.9. The Morgan fingerprint density at radius 1 is 1.00 bits per heavy atom. The normalized spacial score (nSPS) is 15.9. The average molecular weight is 473 g/mol. The predicted molar refractivity (Wildman–Crippen MR) is 134 cm³/mol. The van der Waals surface area contributed by atoms with Gasteiger partial charge < -0.3 is 19.1 Å². The van der Waals surface area contributed by atoms with Gasteiger partial charge in [0.15, 0.2) is 18.1 Å². The molecule has 7 heteroatoms. The highest BCUT2D eigenvalue weighted by molar-refractivity contribution is 6.07. The molecule has 2 aliphatic rings. The molecule has 1 saturated heterocycles. The maximum absolute atomic E-state index is 13.3. The second kappa shape index (κ2) is 9.78. The van der Waals surface area contributed by atoms with Crippen LogP contribution in [0.25, 0.3) is 22.6 Å². The number of likely N-dealkylation sites (tertiary alicyclic amines) is 1. The molecule has 3 aromatic rings. The summed E-state index contributed by atoms with van der Waals surface area (Å²) >= 11 is 0. The fraction of sp³-hybridized carbons (Fsp3) is 0.321. The third-order valence-corrected chi connectivity index (χ3v) is 6.68. The van der Waals surface area contributed by atoms with Crippen LogP contribution in [0.4, 0.5) is 0 Å². The number of methoxy groups -OCH3 is 2. The predicted octanol–water partition coefficient (Wildman–Crippen LogP) is 4.52. The first-order valence-corrected chi connectivity index (χ1v) is 11.9. The van der Waals surface area contributed by atoms with Crippen LogP contribution in [0.5, 0.6) is 11.5 Å². The second-order valence-electron chi connectivity index (χ2n) is 8.78. The number of pyridine rings is 1. The number of carbonyl (C=O) groups excluding carboxylic acids is 2. The molecule has 0 atom stereocenters. The largest absolute Gasteiger partial charge is 0.493 e. The van der Waals surface area contributed by atoms with Gasteiger partial charge in [-0.05, 0) is 66.7 Å². The lowest BCUT2D eigenvalue weighted by Crippen LogP contribution is -2.32. The quantitative estimate of drug-likeness (QED) is 0.491. The van der Waals surface area contributed by atoms with Gasteiger partial charge >= 0.3 is 5.97 Å². The minimum Gasteiger partial charge on any atom is -0.493 e. The van der Waals surface area contributed by atoms with E-state index in [1.165, 1.54) is 0 Å². The molecular weight excluding hydrogens is 444 g/mol. The van der Waals surface area contributed by atoms with Crippen LogP contribution >= 0.6 is 0 Å². The van der Waals surface area contributed by atoms with Crippen molar-refractivity contribution in [3.8, 4) is 11.5 Å². The highest BCUT2D eigenvalue weighted by Crippen LogP contribution is 2.38. The van der Waals surface area contributed by atoms with Crippen molar-refractivity contribution in [3.05, 3.63) is 64.8 Å². The number of hydrogen-bond acceptors (Lipinski definition) is 6. The van der Waals surface area contributed by atoms with Crippen LogP contribution in [0, 0.1) is 0 Å². The van der Waals surface area contributed by atoms with E-state index in [2.05, 4.69) is 6.08 Å². The lowest BCUT2D eigenvalue weighted by molar-refractivity contribution is -0.133. The van der Waals surface area contributed by atoms with Crippen LogP contribution < -0.4 is 9.47 Å². The van der Waals surface area contributed by atoms with Crippen molar-refractivity contribution in [2.45, 2.75) is 25.7 Å². The summed E-state index contributed by atoms with van der Waals surface area (Å²) in [4.78, 5) is 32.4. The third-order valence-electron chi connectivity index (χ3n) is 6.68. The molecule has 2 heterocycles. The molecule has 7 nitrogen and oxygen atoms in total. The van der Waals surface area contributed by atoms with Gasteiger partial charge in [-0.3, -0.25) is 4.79 Å². The van der Waals surface area contributed by atoms with Gasteiger partial charge in [-0.15, -0.1) is 0 Å². The molecule has 0 unspecified atom stereocenters. The van der Waals surface area contributed by atoms with E-state index < -0.39 is 5.97 Å². The number of fused-ring (bicyclic) bond motifs is 2. The molecule has 1 fully saturated rings. The molecule has 0 saturated carbocycles. The van der Waals surface area contributed by atoms with E-state index in [1.807, 2.05) is 42.5 Å². The number of carbonyl (C=O) groups is 2. The van der Waals surface area contributed by atoms with Gasteiger partial charge in [-0.2, -0.15) is 0 Å². The summed E-state index contributed by atoms with van der Waals surface area (Å²) in [6.45, 7) is 1.22. The van der Waals surface area contributed by atoms with Crippen molar-refractivity contribution in [2.75, 3.05) is 33.9 Å². The monoisotopic (exact) mass is 472 g/mol. The topological polar surface area (TPSA) is 78.0 Å². The van der Waals surface area contributed by atoms with Crippen molar-refractivity contribution in [2.24, 2.45) is 0 Å². The fourth-order valence-electron chi connectivity index (χ4n) is 4.91. The number of ether oxygens (including phenoxy) is 3. The van der Waals surface area contributed by atoms with Crippen LogP contribution in [0.3, 0.4) is 0 Å². The number of benzene rings is 2. The van der Waals surface area contributed by atoms with E-state index in [0.29, 0.717) is 23.5 Å². The lowest BCUT2D eigenvalue weighted by Gasteiger charge is -2.16. The molecule has 1 amide bonds. The summed E-state index contributed by atoms with van der Waals surface area (Å²) in [7, 11) is 3.22. The zero-order valence-electron chi connectivity index (χ0n) is 20.0. The Kier molecular flexibility index (Phi) is 6.40. The van der Waals surface area contributed by atoms with E-state index >= 15 is 0 Å².